The van der Waals surface area contributed by atoms with Crippen molar-refractivity contribution in [3.8, 4) is 0 Å². The Kier molecular flexibility index (Phi) is 4.20. The van der Waals surface area contributed by atoms with E-state index in [1.807, 2.05) is 24.8 Å². The average molecular weight is 313 g/mol. The van der Waals surface area contributed by atoms with Gasteiger partial charge in [0.15, 0.2) is 5.82 Å². The van der Waals surface area contributed by atoms with E-state index in [0.29, 0.717) is 31.2 Å². The minimum atomic E-state index is -0.0280. The van der Waals surface area contributed by atoms with Gasteiger partial charge in [0.2, 0.25) is 11.8 Å². The van der Waals surface area contributed by atoms with Gasteiger partial charge in [-0.1, -0.05) is 56.3 Å². The highest BCUT2D eigenvalue weighted by Crippen LogP contribution is 2.34. The van der Waals surface area contributed by atoms with Crippen LogP contribution in [-0.4, -0.2) is 27.5 Å². The maximum Gasteiger partial charge on any atom is 0.229 e. The molecule has 5 nitrogen and oxygen atoms in total. The summed E-state index contributed by atoms with van der Waals surface area (Å²) in [5.41, 5.74) is 1.24. The smallest absolute Gasteiger partial charge is 0.229 e. The van der Waals surface area contributed by atoms with Gasteiger partial charge in [-0.25, -0.2) is 0 Å². The first-order valence-corrected chi connectivity index (χ1v) is 8.14. The lowest BCUT2D eigenvalue weighted by atomic mass is 9.76. The predicted molar refractivity (Wildman–Crippen MR) is 86.8 cm³/mol. The summed E-state index contributed by atoms with van der Waals surface area (Å²) in [5.74, 6) is 1.56. The first kappa shape index (κ1) is 15.7. The molecule has 1 atom stereocenters. The van der Waals surface area contributed by atoms with Gasteiger partial charge in [-0.15, -0.1) is 0 Å². The summed E-state index contributed by atoms with van der Waals surface area (Å²) < 4.78 is 5.24. The molecule has 1 fully saturated rings. The number of amides is 1. The molecule has 2 heterocycles. The summed E-state index contributed by atoms with van der Waals surface area (Å²) in [6.07, 6.45) is 1.43. The van der Waals surface area contributed by atoms with Gasteiger partial charge in [-0.2, -0.15) is 4.98 Å². The second kappa shape index (κ2) is 6.14. The molecule has 23 heavy (non-hydrogen) atoms. The maximum atomic E-state index is 12.3. The van der Waals surface area contributed by atoms with Crippen LogP contribution in [0.15, 0.2) is 34.9 Å². The van der Waals surface area contributed by atoms with Crippen LogP contribution >= 0.6 is 0 Å². The predicted octanol–water partition coefficient (Wildman–Crippen LogP) is 3.27. The van der Waals surface area contributed by atoms with Crippen LogP contribution < -0.4 is 0 Å². The number of hydrogen-bond acceptors (Lipinski definition) is 4. The zero-order valence-electron chi connectivity index (χ0n) is 14.0. The van der Waals surface area contributed by atoms with E-state index in [1.54, 1.807) is 0 Å². The van der Waals surface area contributed by atoms with Crippen molar-refractivity contribution in [3.05, 3.63) is 47.6 Å². The van der Waals surface area contributed by atoms with Crippen molar-refractivity contribution in [2.45, 2.75) is 51.5 Å². The van der Waals surface area contributed by atoms with Gasteiger partial charge in [-0.05, 0) is 12.0 Å². The molecule has 5 heteroatoms. The van der Waals surface area contributed by atoms with E-state index in [0.717, 1.165) is 6.42 Å². The Morgan fingerprint density at radius 3 is 2.70 bits per heavy atom. The van der Waals surface area contributed by atoms with Crippen LogP contribution in [0.5, 0.6) is 0 Å². The number of piperidine rings is 1. The van der Waals surface area contributed by atoms with Crippen molar-refractivity contribution >= 4 is 5.91 Å². The van der Waals surface area contributed by atoms with Crippen molar-refractivity contribution in [1.82, 2.24) is 15.0 Å². The zero-order chi connectivity index (χ0) is 16.4. The SMILES string of the molecule is CC(C)c1nc(CN2C[C@](C)(c3ccccc3)CCC2=O)no1. The third kappa shape index (κ3) is 3.28. The van der Waals surface area contributed by atoms with E-state index in [1.165, 1.54) is 5.56 Å². The molecule has 0 saturated carbocycles. The number of benzene rings is 1. The number of hydrogen-bond donors (Lipinski definition) is 0. The third-order valence-electron chi connectivity index (χ3n) is 4.56. The van der Waals surface area contributed by atoms with E-state index in [-0.39, 0.29) is 17.2 Å². The molecule has 1 saturated heterocycles. The normalized spacial score (nSPS) is 21.9. The van der Waals surface area contributed by atoms with Crippen molar-refractivity contribution in [2.75, 3.05) is 6.54 Å². The van der Waals surface area contributed by atoms with Gasteiger partial charge < -0.3 is 9.42 Å². The number of carbonyl (C=O) groups excluding carboxylic acids is 1. The van der Waals surface area contributed by atoms with Crippen molar-refractivity contribution in [1.29, 1.82) is 0 Å². The molecule has 0 aliphatic carbocycles. The zero-order valence-corrected chi connectivity index (χ0v) is 14.0. The number of likely N-dealkylation sites (tertiary alicyclic amines) is 1. The molecule has 0 radical (unpaired) electrons. The largest absolute Gasteiger partial charge is 0.339 e. The standard InChI is InChI=1S/C18H23N3O2/c1-13(2)17-19-15(20-23-17)11-21-12-18(3,10-9-16(21)22)14-7-5-4-6-8-14/h4-8,13H,9-12H2,1-3H3/t18-/m1/s1. The quantitative estimate of drug-likeness (QED) is 0.869. The Bertz CT molecular complexity index is 681. The lowest BCUT2D eigenvalue weighted by Crippen LogP contribution is -2.47. The van der Waals surface area contributed by atoms with Crippen LogP contribution in [0.2, 0.25) is 0 Å². The Morgan fingerprint density at radius 1 is 1.30 bits per heavy atom. The summed E-state index contributed by atoms with van der Waals surface area (Å²) in [7, 11) is 0. The Labute approximate surface area is 136 Å². The fourth-order valence-electron chi connectivity index (χ4n) is 3.09. The van der Waals surface area contributed by atoms with Gasteiger partial charge in [0.25, 0.3) is 0 Å². The number of nitrogens with zero attached hydrogens (tertiary/aromatic N) is 3. The summed E-state index contributed by atoms with van der Waals surface area (Å²) in [6, 6.07) is 10.4. The summed E-state index contributed by atoms with van der Waals surface area (Å²) in [6.45, 7) is 7.34. The van der Waals surface area contributed by atoms with Crippen LogP contribution in [0, 0.1) is 0 Å². The van der Waals surface area contributed by atoms with Gasteiger partial charge >= 0.3 is 0 Å². The second-order valence-electron chi connectivity index (χ2n) is 6.88. The summed E-state index contributed by atoms with van der Waals surface area (Å²) >= 11 is 0. The van der Waals surface area contributed by atoms with Crippen molar-refractivity contribution < 1.29 is 9.32 Å². The topological polar surface area (TPSA) is 59.2 Å². The van der Waals surface area contributed by atoms with Crippen LogP contribution in [0.1, 0.15) is 56.8 Å². The molecule has 1 amide bonds. The monoisotopic (exact) mass is 313 g/mol. The van der Waals surface area contributed by atoms with Crippen molar-refractivity contribution in [3.63, 3.8) is 0 Å². The molecule has 1 aromatic carbocycles. The third-order valence-corrected chi connectivity index (χ3v) is 4.56. The molecule has 0 N–H and O–H groups in total. The molecule has 0 spiro atoms. The first-order valence-electron chi connectivity index (χ1n) is 8.14. The van der Waals surface area contributed by atoms with E-state index >= 15 is 0 Å². The average Bonchev–Trinajstić information content (AvgIpc) is 3.01. The van der Waals surface area contributed by atoms with Gasteiger partial charge in [0.05, 0.1) is 6.54 Å². The molecular weight excluding hydrogens is 290 g/mol. The lowest BCUT2D eigenvalue weighted by molar-refractivity contribution is -0.136. The molecule has 2 aromatic rings. The second-order valence-corrected chi connectivity index (χ2v) is 6.88. The molecule has 0 bridgehead atoms. The summed E-state index contributed by atoms with van der Waals surface area (Å²) in [5, 5.41) is 4.01. The van der Waals surface area contributed by atoms with Crippen LogP contribution in [-0.2, 0) is 16.8 Å². The Balaban J connectivity index is 1.77. The number of aromatic nitrogens is 2. The van der Waals surface area contributed by atoms with E-state index in [4.69, 9.17) is 4.52 Å². The highest BCUT2D eigenvalue weighted by molar-refractivity contribution is 5.77. The minimum Gasteiger partial charge on any atom is -0.339 e. The van der Waals surface area contributed by atoms with Crippen LogP contribution in [0.25, 0.3) is 0 Å². The summed E-state index contributed by atoms with van der Waals surface area (Å²) in [4.78, 5) is 18.5. The Morgan fingerprint density at radius 2 is 2.04 bits per heavy atom. The van der Waals surface area contributed by atoms with Crippen molar-refractivity contribution in [2.24, 2.45) is 0 Å². The van der Waals surface area contributed by atoms with Crippen LogP contribution in [0.3, 0.4) is 0 Å². The van der Waals surface area contributed by atoms with E-state index < -0.39 is 0 Å². The highest BCUT2D eigenvalue weighted by Gasteiger charge is 2.36. The number of rotatable bonds is 4. The molecule has 1 aliphatic rings. The van der Waals surface area contributed by atoms with Gasteiger partial charge in [0.1, 0.15) is 0 Å². The lowest BCUT2D eigenvalue weighted by Gasteiger charge is -2.40. The maximum absolute atomic E-state index is 12.3. The molecule has 122 valence electrons. The fraction of sp³-hybridized carbons (Fsp3) is 0.500. The number of carbonyl (C=O) groups is 1. The van der Waals surface area contributed by atoms with E-state index in [9.17, 15) is 4.79 Å². The Hall–Kier alpha value is -2.17. The molecule has 3 rings (SSSR count). The molecule has 1 aliphatic heterocycles. The fourth-order valence-corrected chi connectivity index (χ4v) is 3.09. The van der Waals surface area contributed by atoms with Crippen LogP contribution in [0.4, 0.5) is 0 Å². The van der Waals surface area contributed by atoms with E-state index in [2.05, 4.69) is 41.3 Å². The van der Waals surface area contributed by atoms with Gasteiger partial charge in [0, 0.05) is 24.3 Å². The molecular formula is C18H23N3O2. The van der Waals surface area contributed by atoms with Gasteiger partial charge in [-0.3, -0.25) is 4.79 Å². The highest BCUT2D eigenvalue weighted by atomic mass is 16.5. The molecule has 0 unspecified atom stereocenters. The first-order chi connectivity index (χ1) is 11.0. The molecule has 1 aromatic heterocycles. The minimum absolute atomic E-state index is 0.0280.